The zero-order chi connectivity index (χ0) is 14.7. The van der Waals surface area contributed by atoms with Crippen molar-refractivity contribution in [3.8, 4) is 5.75 Å². The number of hydrogen-bond acceptors (Lipinski definition) is 2. The van der Waals surface area contributed by atoms with Gasteiger partial charge in [-0.05, 0) is 36.2 Å². The Hall–Kier alpha value is -2.43. The number of halogens is 2. The van der Waals surface area contributed by atoms with Gasteiger partial charge in [-0.2, -0.15) is 0 Å². The van der Waals surface area contributed by atoms with Gasteiger partial charge in [-0.25, -0.2) is 8.78 Å². The summed E-state index contributed by atoms with van der Waals surface area (Å²) in [4.78, 5) is 11.8. The van der Waals surface area contributed by atoms with Crippen molar-refractivity contribution in [1.82, 2.24) is 0 Å². The molecule has 2 aromatic carbocycles. The number of phenolic OH excluding ortho intramolecular Hbond substituents is 1. The van der Waals surface area contributed by atoms with E-state index in [0.717, 1.165) is 12.1 Å². The molecule has 1 amide bonds. The molecule has 0 radical (unpaired) electrons. The van der Waals surface area contributed by atoms with Crippen LogP contribution in [-0.2, 0) is 11.2 Å². The molecule has 0 bridgehead atoms. The maximum Gasteiger partial charge on any atom is 0.228 e. The highest BCUT2D eigenvalue weighted by atomic mass is 19.2. The number of phenols is 1. The lowest BCUT2D eigenvalue weighted by Crippen LogP contribution is -2.14. The van der Waals surface area contributed by atoms with Gasteiger partial charge in [0, 0.05) is 11.8 Å². The maximum absolute atomic E-state index is 13.0. The molecule has 104 valence electrons. The van der Waals surface area contributed by atoms with E-state index >= 15 is 0 Å². The van der Waals surface area contributed by atoms with Crippen LogP contribution in [0, 0.1) is 18.6 Å². The van der Waals surface area contributed by atoms with Crippen molar-refractivity contribution in [3.05, 3.63) is 59.2 Å². The van der Waals surface area contributed by atoms with Crippen LogP contribution in [0.3, 0.4) is 0 Å². The van der Waals surface area contributed by atoms with Crippen molar-refractivity contribution >= 4 is 11.6 Å². The standard InChI is InChI=1S/C15H13F2NO2/c1-9-2-4-11(8-14(9)19)18-15(20)7-10-3-5-12(16)13(17)6-10/h2-6,8,19H,7H2,1H3,(H,18,20). The van der Waals surface area contributed by atoms with E-state index in [1.807, 2.05) is 0 Å². The third-order valence-electron chi connectivity index (χ3n) is 2.84. The monoisotopic (exact) mass is 277 g/mol. The van der Waals surface area contributed by atoms with Gasteiger partial charge in [0.15, 0.2) is 11.6 Å². The summed E-state index contributed by atoms with van der Waals surface area (Å²) in [6.07, 6.45) is -0.0775. The number of aromatic hydroxyl groups is 1. The van der Waals surface area contributed by atoms with Crippen LogP contribution in [0.1, 0.15) is 11.1 Å². The van der Waals surface area contributed by atoms with Crippen molar-refractivity contribution < 1.29 is 18.7 Å². The van der Waals surface area contributed by atoms with E-state index in [1.54, 1.807) is 19.1 Å². The molecule has 0 saturated heterocycles. The highest BCUT2D eigenvalue weighted by Gasteiger charge is 2.08. The molecule has 5 heteroatoms. The first kappa shape index (κ1) is 14.0. The number of amides is 1. The number of benzene rings is 2. The molecule has 0 aromatic heterocycles. The normalized spacial score (nSPS) is 10.3. The van der Waals surface area contributed by atoms with Crippen molar-refractivity contribution in [2.45, 2.75) is 13.3 Å². The van der Waals surface area contributed by atoms with Gasteiger partial charge in [-0.1, -0.05) is 12.1 Å². The zero-order valence-corrected chi connectivity index (χ0v) is 10.8. The Labute approximate surface area is 114 Å². The molecule has 0 atom stereocenters. The largest absolute Gasteiger partial charge is 0.508 e. The van der Waals surface area contributed by atoms with Crippen LogP contribution in [0.15, 0.2) is 36.4 Å². The summed E-state index contributed by atoms with van der Waals surface area (Å²) in [5, 5.41) is 12.1. The minimum absolute atomic E-state index is 0.0775. The third-order valence-corrected chi connectivity index (χ3v) is 2.84. The van der Waals surface area contributed by atoms with Gasteiger partial charge in [0.25, 0.3) is 0 Å². The fourth-order valence-corrected chi connectivity index (χ4v) is 1.73. The fourth-order valence-electron chi connectivity index (χ4n) is 1.73. The highest BCUT2D eigenvalue weighted by molar-refractivity contribution is 5.92. The molecule has 2 aromatic rings. The van der Waals surface area contributed by atoms with Gasteiger partial charge in [0.05, 0.1) is 6.42 Å². The summed E-state index contributed by atoms with van der Waals surface area (Å²) in [7, 11) is 0. The van der Waals surface area contributed by atoms with Crippen molar-refractivity contribution in [3.63, 3.8) is 0 Å². The molecule has 0 aliphatic carbocycles. The summed E-state index contributed by atoms with van der Waals surface area (Å²) >= 11 is 0. The van der Waals surface area contributed by atoms with Gasteiger partial charge in [-0.15, -0.1) is 0 Å². The average molecular weight is 277 g/mol. The molecule has 0 aliphatic heterocycles. The lowest BCUT2D eigenvalue weighted by molar-refractivity contribution is -0.115. The topological polar surface area (TPSA) is 49.3 Å². The Morgan fingerprint density at radius 3 is 2.55 bits per heavy atom. The third kappa shape index (κ3) is 3.32. The second kappa shape index (κ2) is 5.69. The summed E-state index contributed by atoms with van der Waals surface area (Å²) in [5.74, 6) is -2.23. The van der Waals surface area contributed by atoms with Crippen LogP contribution in [-0.4, -0.2) is 11.0 Å². The lowest BCUT2D eigenvalue weighted by Gasteiger charge is -2.07. The van der Waals surface area contributed by atoms with Crippen LogP contribution in [0.4, 0.5) is 14.5 Å². The first-order valence-corrected chi connectivity index (χ1v) is 5.99. The van der Waals surface area contributed by atoms with Gasteiger partial charge in [0.1, 0.15) is 5.75 Å². The van der Waals surface area contributed by atoms with E-state index in [2.05, 4.69) is 5.32 Å². The molecule has 0 saturated carbocycles. The van der Waals surface area contributed by atoms with E-state index in [1.165, 1.54) is 12.1 Å². The van der Waals surface area contributed by atoms with Gasteiger partial charge >= 0.3 is 0 Å². The number of aryl methyl sites for hydroxylation is 1. The molecule has 20 heavy (non-hydrogen) atoms. The Morgan fingerprint density at radius 1 is 1.15 bits per heavy atom. The quantitative estimate of drug-likeness (QED) is 0.905. The van der Waals surface area contributed by atoms with Crippen LogP contribution < -0.4 is 5.32 Å². The minimum Gasteiger partial charge on any atom is -0.508 e. The Bertz CT molecular complexity index is 601. The molecule has 0 heterocycles. The van der Waals surface area contributed by atoms with Crippen molar-refractivity contribution in [2.75, 3.05) is 5.32 Å². The van der Waals surface area contributed by atoms with E-state index in [4.69, 9.17) is 0 Å². The van der Waals surface area contributed by atoms with Crippen molar-refractivity contribution in [2.24, 2.45) is 0 Å². The second-order valence-corrected chi connectivity index (χ2v) is 4.47. The number of rotatable bonds is 3. The lowest BCUT2D eigenvalue weighted by atomic mass is 10.1. The second-order valence-electron chi connectivity index (χ2n) is 4.47. The van der Waals surface area contributed by atoms with E-state index in [0.29, 0.717) is 16.8 Å². The first-order chi connectivity index (χ1) is 9.45. The molecule has 0 aliphatic rings. The summed E-state index contributed by atoms with van der Waals surface area (Å²) < 4.78 is 25.8. The van der Waals surface area contributed by atoms with Crippen molar-refractivity contribution in [1.29, 1.82) is 0 Å². The number of nitrogens with one attached hydrogen (secondary N) is 1. The van der Waals surface area contributed by atoms with Gasteiger partial charge < -0.3 is 10.4 Å². The smallest absolute Gasteiger partial charge is 0.228 e. The highest BCUT2D eigenvalue weighted by Crippen LogP contribution is 2.21. The SMILES string of the molecule is Cc1ccc(NC(=O)Cc2ccc(F)c(F)c2)cc1O. The Balaban J connectivity index is 2.04. The molecule has 0 unspecified atom stereocenters. The molecular weight excluding hydrogens is 264 g/mol. The number of anilines is 1. The van der Waals surface area contributed by atoms with E-state index < -0.39 is 11.6 Å². The fraction of sp³-hybridized carbons (Fsp3) is 0.133. The molecule has 0 spiro atoms. The van der Waals surface area contributed by atoms with Crippen LogP contribution in [0.25, 0.3) is 0 Å². The predicted molar refractivity (Wildman–Crippen MR) is 71.5 cm³/mol. The number of carbonyl (C=O) groups is 1. The Morgan fingerprint density at radius 2 is 1.90 bits per heavy atom. The summed E-state index contributed by atoms with van der Waals surface area (Å²) in [6.45, 7) is 1.74. The minimum atomic E-state index is -0.983. The van der Waals surface area contributed by atoms with E-state index in [9.17, 15) is 18.7 Å². The average Bonchev–Trinajstić information content (AvgIpc) is 2.38. The zero-order valence-electron chi connectivity index (χ0n) is 10.8. The molecule has 3 nitrogen and oxygen atoms in total. The van der Waals surface area contributed by atoms with Crippen LogP contribution in [0.5, 0.6) is 5.75 Å². The summed E-state index contributed by atoms with van der Waals surface area (Å²) in [5.41, 5.74) is 1.52. The number of hydrogen-bond donors (Lipinski definition) is 2. The molecule has 2 rings (SSSR count). The molecule has 2 N–H and O–H groups in total. The Kier molecular flexibility index (Phi) is 3.98. The van der Waals surface area contributed by atoms with E-state index in [-0.39, 0.29) is 18.1 Å². The number of carbonyl (C=O) groups excluding carboxylic acids is 1. The van der Waals surface area contributed by atoms with Gasteiger partial charge in [0.2, 0.25) is 5.91 Å². The van der Waals surface area contributed by atoms with Crippen LogP contribution in [0.2, 0.25) is 0 Å². The molecule has 0 fully saturated rings. The predicted octanol–water partition coefficient (Wildman–Crippen LogP) is 3.16. The van der Waals surface area contributed by atoms with Gasteiger partial charge in [-0.3, -0.25) is 4.79 Å². The van der Waals surface area contributed by atoms with Crippen LogP contribution >= 0.6 is 0 Å². The maximum atomic E-state index is 13.0. The first-order valence-electron chi connectivity index (χ1n) is 5.99. The molecular formula is C15H13F2NO2. The summed E-state index contributed by atoms with van der Waals surface area (Å²) in [6, 6.07) is 8.07.